The number of hydrogen-bond donors (Lipinski definition) is 4. The molecule has 0 saturated carbocycles. The van der Waals surface area contributed by atoms with Gasteiger partial charge in [-0.25, -0.2) is 0 Å². The van der Waals surface area contributed by atoms with E-state index in [-0.39, 0.29) is 24.2 Å². The average Bonchev–Trinajstić information content (AvgIpc) is 2.36. The van der Waals surface area contributed by atoms with E-state index in [1.807, 2.05) is 13.0 Å². The number of aliphatic hydroxyl groups is 1. The molecule has 0 amide bonds. The number of hydrogen-bond acceptors (Lipinski definition) is 4. The highest BCUT2D eigenvalue weighted by atomic mass is 35.5. The van der Waals surface area contributed by atoms with Gasteiger partial charge in [0.2, 0.25) is 0 Å². The smallest absolute Gasteiger partial charge is 0.138 e. The highest BCUT2D eigenvalue weighted by molar-refractivity contribution is 5.85. The van der Waals surface area contributed by atoms with Gasteiger partial charge in [0.1, 0.15) is 5.75 Å². The second-order valence-electron chi connectivity index (χ2n) is 5.47. The molecule has 0 spiro atoms. The molecule has 0 saturated heterocycles. The topological polar surface area (TPSA) is 64.5 Å². The normalized spacial score (nSPS) is 21.2. The van der Waals surface area contributed by atoms with Crippen LogP contribution >= 0.6 is 12.4 Å². The molecule has 0 aromatic heterocycles. The molecule has 5 heteroatoms. The zero-order valence-electron chi connectivity index (χ0n) is 12.3. The number of aliphatic hydroxyl groups excluding tert-OH is 1. The van der Waals surface area contributed by atoms with Gasteiger partial charge in [-0.2, -0.15) is 0 Å². The van der Waals surface area contributed by atoms with Crippen molar-refractivity contribution >= 4 is 18.1 Å². The van der Waals surface area contributed by atoms with Crippen LogP contribution in [-0.4, -0.2) is 28.8 Å². The van der Waals surface area contributed by atoms with Crippen LogP contribution in [0.1, 0.15) is 44.4 Å². The maximum atomic E-state index is 10.5. The zero-order valence-corrected chi connectivity index (χ0v) is 13.1. The summed E-state index contributed by atoms with van der Waals surface area (Å²) in [5.41, 5.74) is 2.76. The molecule has 114 valence electrons. The fourth-order valence-corrected chi connectivity index (χ4v) is 2.85. The molecule has 2 atom stereocenters. The van der Waals surface area contributed by atoms with Crippen molar-refractivity contribution in [1.29, 1.82) is 0 Å². The fourth-order valence-electron chi connectivity index (χ4n) is 2.85. The van der Waals surface area contributed by atoms with Crippen LogP contribution in [0, 0.1) is 0 Å². The zero-order chi connectivity index (χ0) is 14.0. The number of rotatable bonds is 4. The van der Waals surface area contributed by atoms with E-state index in [9.17, 15) is 10.2 Å². The molecule has 1 aliphatic rings. The number of aromatic hydroxyl groups is 1. The minimum Gasteiger partial charge on any atom is -0.506 e. The van der Waals surface area contributed by atoms with Gasteiger partial charge in [0.15, 0.2) is 0 Å². The Bertz CT molecular complexity index is 452. The summed E-state index contributed by atoms with van der Waals surface area (Å²) in [4.78, 5) is 0. The molecule has 2 unspecified atom stereocenters. The first kappa shape index (κ1) is 17.1. The molecule has 0 bridgehead atoms. The van der Waals surface area contributed by atoms with E-state index < -0.39 is 6.10 Å². The molecule has 0 heterocycles. The van der Waals surface area contributed by atoms with Gasteiger partial charge in [-0.05, 0) is 37.0 Å². The minimum atomic E-state index is -0.510. The van der Waals surface area contributed by atoms with Gasteiger partial charge in [0.25, 0.3) is 0 Å². The number of benzene rings is 1. The molecule has 4 N–H and O–H groups in total. The predicted molar refractivity (Wildman–Crippen MR) is 84.9 cm³/mol. The Morgan fingerprint density at radius 1 is 1.35 bits per heavy atom. The number of phenolic OH excluding ortho intramolecular Hbond substituents is 1. The lowest BCUT2D eigenvalue weighted by Gasteiger charge is -2.33. The first-order valence-electron chi connectivity index (χ1n) is 7.07. The Balaban J connectivity index is 0.00000200. The van der Waals surface area contributed by atoms with Crippen LogP contribution in [0.2, 0.25) is 0 Å². The van der Waals surface area contributed by atoms with Crippen molar-refractivity contribution in [3.05, 3.63) is 23.3 Å². The SMILES string of the molecule is CCNc1c(O)ccc2c1CCC(NC(C)C)C2O.Cl. The van der Waals surface area contributed by atoms with Crippen molar-refractivity contribution in [2.24, 2.45) is 0 Å². The van der Waals surface area contributed by atoms with E-state index in [0.29, 0.717) is 6.04 Å². The van der Waals surface area contributed by atoms with Crippen molar-refractivity contribution in [1.82, 2.24) is 5.32 Å². The second-order valence-corrected chi connectivity index (χ2v) is 5.47. The van der Waals surface area contributed by atoms with Crippen molar-refractivity contribution in [2.45, 2.75) is 51.8 Å². The molecule has 1 aliphatic carbocycles. The quantitative estimate of drug-likeness (QED) is 0.646. The number of phenols is 1. The highest BCUT2D eigenvalue weighted by Gasteiger charge is 2.30. The first-order chi connectivity index (χ1) is 9.04. The van der Waals surface area contributed by atoms with E-state index in [2.05, 4.69) is 24.5 Å². The van der Waals surface area contributed by atoms with Crippen molar-refractivity contribution in [3.8, 4) is 5.75 Å². The summed E-state index contributed by atoms with van der Waals surface area (Å²) in [7, 11) is 0. The second kappa shape index (κ2) is 7.16. The van der Waals surface area contributed by atoms with E-state index in [1.54, 1.807) is 6.07 Å². The molecule has 2 rings (SSSR count). The lowest BCUT2D eigenvalue weighted by Crippen LogP contribution is -2.42. The molecular weight excluding hydrogens is 276 g/mol. The lowest BCUT2D eigenvalue weighted by atomic mass is 9.84. The van der Waals surface area contributed by atoms with Gasteiger partial charge in [-0.15, -0.1) is 12.4 Å². The van der Waals surface area contributed by atoms with Crippen LogP contribution in [0.15, 0.2) is 12.1 Å². The van der Waals surface area contributed by atoms with Gasteiger partial charge in [0.05, 0.1) is 11.8 Å². The number of anilines is 1. The van der Waals surface area contributed by atoms with Crippen molar-refractivity contribution < 1.29 is 10.2 Å². The van der Waals surface area contributed by atoms with Crippen LogP contribution in [0.25, 0.3) is 0 Å². The van der Waals surface area contributed by atoms with Crippen LogP contribution in [0.5, 0.6) is 5.75 Å². The van der Waals surface area contributed by atoms with E-state index in [4.69, 9.17) is 0 Å². The first-order valence-corrected chi connectivity index (χ1v) is 7.07. The fraction of sp³-hybridized carbons (Fsp3) is 0.600. The van der Waals surface area contributed by atoms with Gasteiger partial charge in [-0.3, -0.25) is 0 Å². The molecular formula is C15H25ClN2O2. The Hall–Kier alpha value is -0.970. The van der Waals surface area contributed by atoms with Crippen LogP contribution < -0.4 is 10.6 Å². The Morgan fingerprint density at radius 2 is 2.05 bits per heavy atom. The van der Waals surface area contributed by atoms with Crippen LogP contribution in [0.3, 0.4) is 0 Å². The monoisotopic (exact) mass is 300 g/mol. The van der Waals surface area contributed by atoms with Crippen LogP contribution in [-0.2, 0) is 6.42 Å². The maximum absolute atomic E-state index is 10.5. The third kappa shape index (κ3) is 3.37. The molecule has 20 heavy (non-hydrogen) atoms. The summed E-state index contributed by atoms with van der Waals surface area (Å²) in [5.74, 6) is 0.267. The van der Waals surface area contributed by atoms with Gasteiger partial charge >= 0.3 is 0 Å². The maximum Gasteiger partial charge on any atom is 0.138 e. The lowest BCUT2D eigenvalue weighted by molar-refractivity contribution is 0.110. The number of fused-ring (bicyclic) bond motifs is 1. The van der Waals surface area contributed by atoms with E-state index >= 15 is 0 Å². The van der Waals surface area contributed by atoms with Gasteiger partial charge in [-0.1, -0.05) is 19.9 Å². The number of nitrogens with one attached hydrogen (secondary N) is 2. The molecule has 0 fully saturated rings. The van der Waals surface area contributed by atoms with E-state index in [0.717, 1.165) is 36.2 Å². The summed E-state index contributed by atoms with van der Waals surface area (Å²) in [6.07, 6.45) is 1.24. The highest BCUT2D eigenvalue weighted by Crippen LogP contribution is 2.39. The largest absolute Gasteiger partial charge is 0.506 e. The minimum absolute atomic E-state index is 0. The standard InChI is InChI=1S/C15H24N2O2.ClH/c1-4-16-14-10-5-7-12(17-9(2)3)15(19)11(10)6-8-13(14)18;/h6,8-9,12,15-19H,4-5,7H2,1-3H3;1H. The summed E-state index contributed by atoms with van der Waals surface area (Å²) in [6, 6.07) is 3.94. The summed E-state index contributed by atoms with van der Waals surface area (Å²) in [6.45, 7) is 6.93. The molecule has 1 aromatic carbocycles. The molecule has 0 radical (unpaired) electrons. The Labute approximate surface area is 127 Å². The van der Waals surface area contributed by atoms with Crippen molar-refractivity contribution in [2.75, 3.05) is 11.9 Å². The predicted octanol–water partition coefficient (Wildman–Crippen LogP) is 2.59. The summed E-state index contributed by atoms with van der Waals surface area (Å²) in [5, 5.41) is 27.0. The van der Waals surface area contributed by atoms with Crippen LogP contribution in [0.4, 0.5) is 5.69 Å². The third-order valence-electron chi connectivity index (χ3n) is 3.63. The van der Waals surface area contributed by atoms with Gasteiger partial charge in [0, 0.05) is 18.6 Å². The molecule has 0 aliphatic heterocycles. The Morgan fingerprint density at radius 3 is 2.65 bits per heavy atom. The number of halogens is 1. The average molecular weight is 301 g/mol. The molecule has 1 aromatic rings. The van der Waals surface area contributed by atoms with E-state index in [1.165, 1.54) is 0 Å². The van der Waals surface area contributed by atoms with Crippen molar-refractivity contribution in [3.63, 3.8) is 0 Å². The third-order valence-corrected chi connectivity index (χ3v) is 3.63. The van der Waals surface area contributed by atoms with Gasteiger partial charge < -0.3 is 20.8 Å². The Kier molecular flexibility index (Phi) is 6.11. The summed E-state index contributed by atoms with van der Waals surface area (Å²) < 4.78 is 0. The molecule has 4 nitrogen and oxygen atoms in total. The summed E-state index contributed by atoms with van der Waals surface area (Å²) >= 11 is 0.